The number of nitrogens with one attached hydrogen (secondary N) is 1. The maximum Gasteiger partial charge on any atom is 0.162 e. The summed E-state index contributed by atoms with van der Waals surface area (Å²) in [6, 6.07) is 0. The van der Waals surface area contributed by atoms with Crippen molar-refractivity contribution in [2.75, 3.05) is 12.4 Å². The van der Waals surface area contributed by atoms with Crippen molar-refractivity contribution in [3.8, 4) is 11.4 Å². The molecule has 0 fully saturated rings. The van der Waals surface area contributed by atoms with Gasteiger partial charge in [-0.25, -0.2) is 9.97 Å². The molecule has 16 heavy (non-hydrogen) atoms. The van der Waals surface area contributed by atoms with Crippen molar-refractivity contribution in [1.29, 1.82) is 0 Å². The first-order valence-corrected chi connectivity index (χ1v) is 6.90. The molecule has 0 aromatic carbocycles. The van der Waals surface area contributed by atoms with E-state index in [1.165, 1.54) is 5.56 Å². The van der Waals surface area contributed by atoms with Crippen molar-refractivity contribution in [3.63, 3.8) is 0 Å². The Hall–Kier alpha value is -0.690. The van der Waals surface area contributed by atoms with Crippen molar-refractivity contribution in [2.24, 2.45) is 0 Å². The molecule has 2 aromatic heterocycles. The molecule has 0 saturated carbocycles. The zero-order valence-corrected chi connectivity index (χ0v) is 12.3. The average Bonchev–Trinajstić information content (AvgIpc) is 2.68. The van der Waals surface area contributed by atoms with Crippen LogP contribution in [-0.2, 0) is 0 Å². The first kappa shape index (κ1) is 11.8. The highest BCUT2D eigenvalue weighted by Crippen LogP contribution is 2.27. The van der Waals surface area contributed by atoms with Crippen LogP contribution in [0, 0.1) is 17.4 Å². The van der Waals surface area contributed by atoms with Crippen LogP contribution in [0.3, 0.4) is 0 Å². The Labute approximate surface area is 112 Å². The van der Waals surface area contributed by atoms with E-state index in [-0.39, 0.29) is 0 Å². The maximum absolute atomic E-state index is 4.53. The van der Waals surface area contributed by atoms with Crippen LogP contribution in [0.5, 0.6) is 0 Å². The van der Waals surface area contributed by atoms with Gasteiger partial charge < -0.3 is 5.32 Å². The Morgan fingerprint density at radius 3 is 2.56 bits per heavy atom. The lowest BCUT2D eigenvalue weighted by atomic mass is 10.2. The van der Waals surface area contributed by atoms with E-state index in [0.29, 0.717) is 0 Å². The molecule has 0 aliphatic heterocycles. The lowest BCUT2D eigenvalue weighted by molar-refractivity contribution is 1.09. The molecule has 2 aromatic rings. The van der Waals surface area contributed by atoms with Crippen molar-refractivity contribution in [1.82, 2.24) is 9.97 Å². The van der Waals surface area contributed by atoms with Gasteiger partial charge in [-0.15, -0.1) is 0 Å². The van der Waals surface area contributed by atoms with E-state index in [9.17, 15) is 0 Å². The highest BCUT2D eigenvalue weighted by molar-refractivity contribution is 14.1. The molecule has 0 radical (unpaired) electrons. The number of rotatable bonds is 2. The third-order valence-corrected chi connectivity index (χ3v) is 4.50. The summed E-state index contributed by atoms with van der Waals surface area (Å²) in [4.78, 5) is 9.06. The SMILES string of the molecule is CNc1nc(-c2cscc2C)nc(C)c1I. The van der Waals surface area contributed by atoms with Crippen LogP contribution in [0.4, 0.5) is 5.82 Å². The molecular weight excluding hydrogens is 333 g/mol. The summed E-state index contributed by atoms with van der Waals surface area (Å²) in [5.41, 5.74) is 3.37. The van der Waals surface area contributed by atoms with Crippen molar-refractivity contribution < 1.29 is 0 Å². The molecule has 0 aliphatic rings. The van der Waals surface area contributed by atoms with Crippen LogP contribution < -0.4 is 5.32 Å². The zero-order valence-electron chi connectivity index (χ0n) is 9.34. The lowest BCUT2D eigenvalue weighted by Gasteiger charge is -2.08. The summed E-state index contributed by atoms with van der Waals surface area (Å²) in [6.45, 7) is 4.09. The molecule has 2 heterocycles. The van der Waals surface area contributed by atoms with Crippen LogP contribution in [0.1, 0.15) is 11.3 Å². The predicted molar refractivity (Wildman–Crippen MR) is 77.1 cm³/mol. The third-order valence-electron chi connectivity index (χ3n) is 2.35. The fraction of sp³-hybridized carbons (Fsp3) is 0.273. The van der Waals surface area contributed by atoms with Crippen LogP contribution in [-0.4, -0.2) is 17.0 Å². The number of anilines is 1. The minimum atomic E-state index is 0.806. The number of halogens is 1. The number of aromatic nitrogens is 2. The predicted octanol–water partition coefficient (Wildman–Crippen LogP) is 3.47. The molecule has 2 rings (SSSR count). The van der Waals surface area contributed by atoms with Crippen molar-refractivity contribution >= 4 is 39.7 Å². The first-order valence-electron chi connectivity index (χ1n) is 4.88. The fourth-order valence-electron chi connectivity index (χ4n) is 1.43. The van der Waals surface area contributed by atoms with Gasteiger partial charge >= 0.3 is 0 Å². The largest absolute Gasteiger partial charge is 0.372 e. The van der Waals surface area contributed by atoms with Crippen LogP contribution in [0.2, 0.25) is 0 Å². The van der Waals surface area contributed by atoms with Gasteiger partial charge in [-0.2, -0.15) is 11.3 Å². The quantitative estimate of drug-likeness (QED) is 0.847. The zero-order chi connectivity index (χ0) is 11.7. The molecule has 5 heteroatoms. The van der Waals surface area contributed by atoms with Gasteiger partial charge in [0.15, 0.2) is 5.82 Å². The normalized spacial score (nSPS) is 10.5. The van der Waals surface area contributed by atoms with E-state index in [4.69, 9.17) is 0 Å². The number of hydrogen-bond acceptors (Lipinski definition) is 4. The van der Waals surface area contributed by atoms with E-state index in [1.807, 2.05) is 14.0 Å². The Balaban J connectivity index is 2.59. The van der Waals surface area contributed by atoms with Gasteiger partial charge in [-0.05, 0) is 47.4 Å². The minimum absolute atomic E-state index is 0.806. The highest BCUT2D eigenvalue weighted by atomic mass is 127. The second-order valence-electron chi connectivity index (χ2n) is 3.51. The highest BCUT2D eigenvalue weighted by Gasteiger charge is 2.11. The summed E-state index contributed by atoms with van der Waals surface area (Å²) in [5.74, 6) is 1.70. The van der Waals surface area contributed by atoms with Gasteiger partial charge in [0, 0.05) is 18.0 Å². The first-order chi connectivity index (χ1) is 7.63. The number of nitrogens with zero attached hydrogens (tertiary/aromatic N) is 2. The van der Waals surface area contributed by atoms with Gasteiger partial charge in [0.25, 0.3) is 0 Å². The summed E-state index contributed by atoms with van der Waals surface area (Å²) in [6.07, 6.45) is 0. The summed E-state index contributed by atoms with van der Waals surface area (Å²) < 4.78 is 1.08. The number of thiophene rings is 1. The molecule has 0 amide bonds. The third kappa shape index (κ3) is 2.06. The topological polar surface area (TPSA) is 37.8 Å². The van der Waals surface area contributed by atoms with Gasteiger partial charge in [-0.3, -0.25) is 0 Å². The molecule has 3 nitrogen and oxygen atoms in total. The molecule has 0 saturated heterocycles. The Bertz CT molecular complexity index is 522. The summed E-state index contributed by atoms with van der Waals surface area (Å²) in [5, 5.41) is 7.31. The molecule has 0 unspecified atom stereocenters. The standard InChI is InChI=1S/C11H12IN3S/c1-6-4-16-5-8(6)10-14-7(2)9(12)11(13-3)15-10/h4-5H,1-3H3,(H,13,14,15). The van der Waals surface area contributed by atoms with E-state index in [2.05, 4.69) is 55.6 Å². The summed E-state index contributed by atoms with van der Waals surface area (Å²) >= 11 is 3.95. The monoisotopic (exact) mass is 345 g/mol. The smallest absolute Gasteiger partial charge is 0.162 e. The second-order valence-corrected chi connectivity index (χ2v) is 5.34. The molecule has 0 atom stereocenters. The minimum Gasteiger partial charge on any atom is -0.372 e. The lowest BCUT2D eigenvalue weighted by Crippen LogP contribution is -2.02. The van der Waals surface area contributed by atoms with Crippen LogP contribution in [0.15, 0.2) is 10.8 Å². The van der Waals surface area contributed by atoms with Crippen molar-refractivity contribution in [2.45, 2.75) is 13.8 Å². The van der Waals surface area contributed by atoms with Gasteiger partial charge in [0.05, 0.1) is 9.26 Å². The van der Waals surface area contributed by atoms with Crippen LogP contribution in [0.25, 0.3) is 11.4 Å². The Kier molecular flexibility index (Phi) is 3.44. The Morgan fingerprint density at radius 2 is 2.00 bits per heavy atom. The fourth-order valence-corrected chi connectivity index (χ4v) is 2.77. The van der Waals surface area contributed by atoms with E-state index < -0.39 is 0 Å². The second kappa shape index (κ2) is 4.67. The maximum atomic E-state index is 4.53. The van der Waals surface area contributed by atoms with E-state index in [1.54, 1.807) is 11.3 Å². The molecular formula is C11H12IN3S. The van der Waals surface area contributed by atoms with E-state index >= 15 is 0 Å². The van der Waals surface area contributed by atoms with Crippen molar-refractivity contribution in [3.05, 3.63) is 25.6 Å². The molecule has 0 bridgehead atoms. The van der Waals surface area contributed by atoms with Crippen LogP contribution >= 0.6 is 33.9 Å². The molecule has 84 valence electrons. The number of hydrogen-bond donors (Lipinski definition) is 1. The van der Waals surface area contributed by atoms with Gasteiger partial charge in [-0.1, -0.05) is 0 Å². The van der Waals surface area contributed by atoms with E-state index in [0.717, 1.165) is 26.5 Å². The average molecular weight is 345 g/mol. The Morgan fingerprint density at radius 1 is 1.25 bits per heavy atom. The molecule has 1 N–H and O–H groups in total. The molecule has 0 aliphatic carbocycles. The molecule has 0 spiro atoms. The summed E-state index contributed by atoms with van der Waals surface area (Å²) in [7, 11) is 1.88. The number of aryl methyl sites for hydroxylation is 2. The van der Waals surface area contributed by atoms with Gasteiger partial charge in [0.1, 0.15) is 5.82 Å². The van der Waals surface area contributed by atoms with Gasteiger partial charge in [0.2, 0.25) is 0 Å².